The van der Waals surface area contributed by atoms with Crippen LogP contribution < -0.4 is 5.32 Å². The van der Waals surface area contributed by atoms with Gasteiger partial charge in [-0.25, -0.2) is 4.98 Å². The largest absolute Gasteiger partial charge is 0.359 e. The molecule has 0 unspecified atom stereocenters. The van der Waals surface area contributed by atoms with E-state index in [1.165, 1.54) is 17.5 Å². The number of aryl methyl sites for hydroxylation is 1. The molecule has 4 aromatic rings. The highest BCUT2D eigenvalue weighted by Gasteiger charge is 2.16. The molecule has 5 nitrogen and oxygen atoms in total. The van der Waals surface area contributed by atoms with Crippen molar-refractivity contribution < 1.29 is 0 Å². The molecule has 2 aromatic heterocycles. The summed E-state index contributed by atoms with van der Waals surface area (Å²) < 4.78 is 1.73. The van der Waals surface area contributed by atoms with E-state index in [-0.39, 0.29) is 6.04 Å². The van der Waals surface area contributed by atoms with Gasteiger partial charge >= 0.3 is 0 Å². The van der Waals surface area contributed by atoms with Crippen molar-refractivity contribution in [2.75, 3.05) is 5.32 Å². The maximum atomic E-state index is 4.40. The van der Waals surface area contributed by atoms with Crippen LogP contribution >= 0.6 is 0 Å². The third kappa shape index (κ3) is 2.72. The van der Waals surface area contributed by atoms with Gasteiger partial charge in [0.1, 0.15) is 12.1 Å². The summed E-state index contributed by atoms with van der Waals surface area (Å²) in [5.41, 5.74) is 3.27. The van der Waals surface area contributed by atoms with Gasteiger partial charge in [0.05, 0.1) is 6.04 Å². The molecular weight excluding hydrogens is 298 g/mol. The number of anilines is 1. The number of fused-ring (bicyclic) bond motifs is 1. The zero-order valence-corrected chi connectivity index (χ0v) is 13.3. The number of nitrogens with one attached hydrogen (secondary N) is 1. The van der Waals surface area contributed by atoms with Gasteiger partial charge in [0.2, 0.25) is 0 Å². The lowest BCUT2D eigenvalue weighted by atomic mass is 9.99. The Morgan fingerprint density at radius 3 is 2.17 bits per heavy atom. The van der Waals surface area contributed by atoms with Crippen LogP contribution in [0.2, 0.25) is 0 Å². The molecule has 0 fully saturated rings. The third-order valence-corrected chi connectivity index (χ3v) is 3.94. The van der Waals surface area contributed by atoms with E-state index in [1.54, 1.807) is 4.52 Å². The molecule has 0 saturated carbocycles. The standard InChI is InChI=1S/C19H17N5/c1-14-12-17(24-19(22-14)20-13-21-24)23-18(15-8-4-2-5-9-15)16-10-6-3-7-11-16/h2-13,18,23H,1H3. The lowest BCUT2D eigenvalue weighted by Crippen LogP contribution is -2.15. The summed E-state index contributed by atoms with van der Waals surface area (Å²) in [7, 11) is 0. The smallest absolute Gasteiger partial charge is 0.254 e. The van der Waals surface area contributed by atoms with Crippen LogP contribution in [0.5, 0.6) is 0 Å². The molecule has 0 radical (unpaired) electrons. The summed E-state index contributed by atoms with van der Waals surface area (Å²) in [6, 6.07) is 22.7. The van der Waals surface area contributed by atoms with Gasteiger partial charge in [-0.05, 0) is 18.1 Å². The fourth-order valence-electron chi connectivity index (χ4n) is 2.83. The Morgan fingerprint density at radius 2 is 1.54 bits per heavy atom. The van der Waals surface area contributed by atoms with Crippen molar-refractivity contribution in [1.82, 2.24) is 19.6 Å². The molecular formula is C19H17N5. The molecule has 0 saturated heterocycles. The molecule has 5 heteroatoms. The molecule has 0 atom stereocenters. The number of nitrogens with zero attached hydrogens (tertiary/aromatic N) is 4. The lowest BCUT2D eigenvalue weighted by molar-refractivity contribution is 0.868. The maximum Gasteiger partial charge on any atom is 0.254 e. The van der Waals surface area contributed by atoms with E-state index in [1.807, 2.05) is 25.1 Å². The SMILES string of the molecule is Cc1cc(NC(c2ccccc2)c2ccccc2)n2ncnc2n1. The van der Waals surface area contributed by atoms with Gasteiger partial charge in [-0.2, -0.15) is 14.6 Å². The number of hydrogen-bond acceptors (Lipinski definition) is 4. The fourth-order valence-corrected chi connectivity index (χ4v) is 2.83. The molecule has 2 aromatic carbocycles. The predicted molar refractivity (Wildman–Crippen MR) is 93.9 cm³/mol. The number of hydrogen-bond donors (Lipinski definition) is 1. The molecule has 24 heavy (non-hydrogen) atoms. The van der Waals surface area contributed by atoms with E-state index >= 15 is 0 Å². The van der Waals surface area contributed by atoms with Gasteiger partial charge in [-0.3, -0.25) is 0 Å². The van der Waals surface area contributed by atoms with Gasteiger partial charge in [-0.1, -0.05) is 60.7 Å². The molecule has 118 valence electrons. The summed E-state index contributed by atoms with van der Waals surface area (Å²) in [6.07, 6.45) is 1.52. The fraction of sp³-hybridized carbons (Fsp3) is 0.105. The van der Waals surface area contributed by atoms with Crippen LogP contribution in [-0.2, 0) is 0 Å². The van der Waals surface area contributed by atoms with Crippen molar-refractivity contribution in [1.29, 1.82) is 0 Å². The zero-order chi connectivity index (χ0) is 16.4. The minimum absolute atomic E-state index is 0.0154. The van der Waals surface area contributed by atoms with Crippen LogP contribution in [0, 0.1) is 6.92 Å². The van der Waals surface area contributed by atoms with Crippen molar-refractivity contribution in [3.63, 3.8) is 0 Å². The van der Waals surface area contributed by atoms with Crippen molar-refractivity contribution >= 4 is 11.6 Å². The van der Waals surface area contributed by atoms with Crippen LogP contribution in [0.1, 0.15) is 22.9 Å². The molecule has 0 aliphatic heterocycles. The molecule has 0 amide bonds. The summed E-state index contributed by atoms with van der Waals surface area (Å²) in [4.78, 5) is 8.59. The van der Waals surface area contributed by atoms with E-state index < -0.39 is 0 Å². The summed E-state index contributed by atoms with van der Waals surface area (Å²) in [6.45, 7) is 1.96. The van der Waals surface area contributed by atoms with Crippen molar-refractivity contribution in [2.45, 2.75) is 13.0 Å². The maximum absolute atomic E-state index is 4.40. The normalized spacial score (nSPS) is 11.1. The minimum atomic E-state index is 0.0154. The van der Waals surface area contributed by atoms with Crippen molar-refractivity contribution in [3.05, 3.63) is 89.9 Å². The quantitative estimate of drug-likeness (QED) is 0.625. The van der Waals surface area contributed by atoms with Crippen LogP contribution in [-0.4, -0.2) is 19.6 Å². The Morgan fingerprint density at radius 1 is 0.917 bits per heavy atom. The van der Waals surface area contributed by atoms with E-state index in [2.05, 4.69) is 68.9 Å². The molecule has 0 aliphatic carbocycles. The van der Waals surface area contributed by atoms with Gasteiger partial charge in [0.15, 0.2) is 0 Å². The van der Waals surface area contributed by atoms with E-state index in [0.29, 0.717) is 5.78 Å². The van der Waals surface area contributed by atoms with Crippen LogP contribution in [0.25, 0.3) is 5.78 Å². The second-order valence-corrected chi connectivity index (χ2v) is 5.65. The highest BCUT2D eigenvalue weighted by Crippen LogP contribution is 2.26. The van der Waals surface area contributed by atoms with Crippen molar-refractivity contribution in [2.24, 2.45) is 0 Å². The second kappa shape index (κ2) is 6.12. The molecule has 0 bridgehead atoms. The van der Waals surface area contributed by atoms with Gasteiger partial charge in [0.25, 0.3) is 5.78 Å². The Kier molecular flexibility index (Phi) is 3.67. The topological polar surface area (TPSA) is 55.1 Å². The van der Waals surface area contributed by atoms with Gasteiger partial charge in [-0.15, -0.1) is 0 Å². The number of aromatic nitrogens is 4. The average molecular weight is 315 g/mol. The number of benzene rings is 2. The molecule has 4 rings (SSSR count). The van der Waals surface area contributed by atoms with Crippen LogP contribution in [0.3, 0.4) is 0 Å². The van der Waals surface area contributed by atoms with E-state index in [0.717, 1.165) is 11.5 Å². The number of rotatable bonds is 4. The monoisotopic (exact) mass is 315 g/mol. The second-order valence-electron chi connectivity index (χ2n) is 5.65. The Bertz CT molecular complexity index is 908. The third-order valence-electron chi connectivity index (χ3n) is 3.94. The summed E-state index contributed by atoms with van der Waals surface area (Å²) >= 11 is 0. The zero-order valence-electron chi connectivity index (χ0n) is 13.3. The minimum Gasteiger partial charge on any atom is -0.359 e. The first-order chi connectivity index (χ1) is 11.8. The first-order valence-electron chi connectivity index (χ1n) is 7.85. The lowest BCUT2D eigenvalue weighted by Gasteiger charge is -2.21. The van der Waals surface area contributed by atoms with Crippen molar-refractivity contribution in [3.8, 4) is 0 Å². The average Bonchev–Trinajstić information content (AvgIpc) is 3.09. The van der Waals surface area contributed by atoms with Gasteiger partial charge in [0, 0.05) is 11.8 Å². The highest BCUT2D eigenvalue weighted by molar-refractivity contribution is 5.49. The Balaban J connectivity index is 1.81. The first-order valence-corrected chi connectivity index (χ1v) is 7.85. The molecule has 2 heterocycles. The summed E-state index contributed by atoms with van der Waals surface area (Å²) in [5, 5.41) is 7.88. The Labute approximate surface area is 140 Å². The Hall–Kier alpha value is -3.21. The van der Waals surface area contributed by atoms with Crippen LogP contribution in [0.15, 0.2) is 73.1 Å². The highest BCUT2D eigenvalue weighted by atomic mass is 15.4. The van der Waals surface area contributed by atoms with Crippen LogP contribution in [0.4, 0.5) is 5.82 Å². The van der Waals surface area contributed by atoms with E-state index in [9.17, 15) is 0 Å². The predicted octanol–water partition coefficient (Wildman–Crippen LogP) is 3.63. The molecule has 0 spiro atoms. The van der Waals surface area contributed by atoms with Gasteiger partial charge < -0.3 is 5.32 Å². The molecule has 1 N–H and O–H groups in total. The summed E-state index contributed by atoms with van der Waals surface area (Å²) in [5.74, 6) is 1.46. The first kappa shape index (κ1) is 14.4. The molecule has 0 aliphatic rings. The van der Waals surface area contributed by atoms with E-state index in [4.69, 9.17) is 0 Å².